The summed E-state index contributed by atoms with van der Waals surface area (Å²) in [4.78, 5) is 28.3. The SMILES string of the molecule is CCN(C(=O)C(N)COC)C1CCN(c2ccccc2)C1=O.Cl. The van der Waals surface area contributed by atoms with Gasteiger partial charge in [-0.3, -0.25) is 9.59 Å². The summed E-state index contributed by atoms with van der Waals surface area (Å²) < 4.78 is 4.93. The summed E-state index contributed by atoms with van der Waals surface area (Å²) >= 11 is 0. The van der Waals surface area contributed by atoms with Crippen LogP contribution in [0.15, 0.2) is 30.3 Å². The van der Waals surface area contributed by atoms with Gasteiger partial charge in [-0.15, -0.1) is 12.4 Å². The maximum Gasteiger partial charge on any atom is 0.249 e. The third-order valence-electron chi connectivity index (χ3n) is 3.91. The van der Waals surface area contributed by atoms with Gasteiger partial charge in [-0.2, -0.15) is 0 Å². The van der Waals surface area contributed by atoms with E-state index in [4.69, 9.17) is 10.5 Å². The van der Waals surface area contributed by atoms with Crippen LogP contribution in [-0.4, -0.2) is 55.6 Å². The van der Waals surface area contributed by atoms with Crippen molar-refractivity contribution in [2.24, 2.45) is 5.73 Å². The number of methoxy groups -OCH3 is 1. The fourth-order valence-corrected chi connectivity index (χ4v) is 2.81. The van der Waals surface area contributed by atoms with E-state index in [1.165, 1.54) is 7.11 Å². The molecule has 0 bridgehead atoms. The first-order chi connectivity index (χ1) is 10.6. The highest BCUT2D eigenvalue weighted by molar-refractivity contribution is 6.01. The Morgan fingerprint density at radius 1 is 1.43 bits per heavy atom. The first kappa shape index (κ1) is 19.4. The molecule has 1 heterocycles. The quantitative estimate of drug-likeness (QED) is 0.838. The van der Waals surface area contributed by atoms with Gasteiger partial charge in [0.05, 0.1) is 6.61 Å². The Morgan fingerprint density at radius 2 is 2.09 bits per heavy atom. The largest absolute Gasteiger partial charge is 0.383 e. The maximum absolute atomic E-state index is 12.7. The van der Waals surface area contributed by atoms with Crippen LogP contribution in [0.1, 0.15) is 13.3 Å². The Balaban J connectivity index is 0.00000264. The molecule has 2 amide bonds. The van der Waals surface area contributed by atoms with Gasteiger partial charge in [0.2, 0.25) is 11.8 Å². The van der Waals surface area contributed by atoms with Crippen molar-refractivity contribution in [1.82, 2.24) is 4.90 Å². The molecular formula is C16H24ClN3O3. The van der Waals surface area contributed by atoms with Crippen LogP contribution < -0.4 is 10.6 Å². The summed E-state index contributed by atoms with van der Waals surface area (Å²) in [7, 11) is 1.50. The number of likely N-dealkylation sites (N-methyl/N-ethyl adjacent to an activating group) is 1. The zero-order chi connectivity index (χ0) is 16.1. The van der Waals surface area contributed by atoms with Crippen LogP contribution in [-0.2, 0) is 14.3 Å². The second kappa shape index (κ2) is 8.86. The lowest BCUT2D eigenvalue weighted by atomic mass is 10.1. The standard InChI is InChI=1S/C16H23N3O3.ClH/c1-3-18(15(20)13(17)11-22-2)14-9-10-19(16(14)21)12-7-5-4-6-8-12;/h4-8,13-14H,3,9-11,17H2,1-2H3;1H. The van der Waals surface area contributed by atoms with Crippen LogP contribution in [0.3, 0.4) is 0 Å². The number of hydrogen-bond acceptors (Lipinski definition) is 4. The van der Waals surface area contributed by atoms with Crippen molar-refractivity contribution in [1.29, 1.82) is 0 Å². The van der Waals surface area contributed by atoms with Crippen molar-refractivity contribution in [3.63, 3.8) is 0 Å². The first-order valence-corrected chi connectivity index (χ1v) is 7.51. The van der Waals surface area contributed by atoms with Crippen LogP contribution in [0.2, 0.25) is 0 Å². The number of hydrogen-bond donors (Lipinski definition) is 1. The van der Waals surface area contributed by atoms with Crippen molar-refractivity contribution < 1.29 is 14.3 Å². The molecule has 0 aromatic heterocycles. The van der Waals surface area contributed by atoms with Crippen LogP contribution in [0.25, 0.3) is 0 Å². The van der Waals surface area contributed by atoms with Crippen molar-refractivity contribution >= 4 is 29.9 Å². The summed E-state index contributed by atoms with van der Waals surface area (Å²) in [5.41, 5.74) is 6.68. The van der Waals surface area contributed by atoms with E-state index < -0.39 is 12.1 Å². The van der Waals surface area contributed by atoms with Crippen molar-refractivity contribution in [2.45, 2.75) is 25.4 Å². The molecule has 128 valence electrons. The number of halogens is 1. The molecule has 1 aliphatic rings. The van der Waals surface area contributed by atoms with Gasteiger partial charge in [0.15, 0.2) is 0 Å². The molecule has 0 spiro atoms. The van der Waals surface area contributed by atoms with Crippen LogP contribution in [0.5, 0.6) is 0 Å². The molecule has 2 unspecified atom stereocenters. The zero-order valence-electron chi connectivity index (χ0n) is 13.5. The average Bonchev–Trinajstić information content (AvgIpc) is 2.91. The van der Waals surface area contributed by atoms with Crippen LogP contribution in [0, 0.1) is 0 Å². The fourth-order valence-electron chi connectivity index (χ4n) is 2.81. The lowest BCUT2D eigenvalue weighted by Gasteiger charge is -2.29. The molecule has 6 nitrogen and oxygen atoms in total. The molecular weight excluding hydrogens is 318 g/mol. The Kier molecular flexibility index (Phi) is 7.48. The molecule has 1 aromatic rings. The minimum atomic E-state index is -0.733. The molecule has 2 atom stereocenters. The zero-order valence-corrected chi connectivity index (χ0v) is 14.3. The highest BCUT2D eigenvalue weighted by Gasteiger charge is 2.39. The van der Waals surface area contributed by atoms with Gasteiger partial charge in [0, 0.05) is 25.9 Å². The van der Waals surface area contributed by atoms with Gasteiger partial charge in [-0.05, 0) is 25.5 Å². The lowest BCUT2D eigenvalue weighted by molar-refractivity contribution is -0.140. The van der Waals surface area contributed by atoms with Gasteiger partial charge in [-0.1, -0.05) is 18.2 Å². The van der Waals surface area contributed by atoms with Gasteiger partial charge in [0.25, 0.3) is 0 Å². The third kappa shape index (κ3) is 4.22. The highest BCUT2D eigenvalue weighted by atomic mass is 35.5. The van der Waals surface area contributed by atoms with Crippen molar-refractivity contribution in [2.75, 3.05) is 31.7 Å². The number of para-hydroxylation sites is 1. The minimum Gasteiger partial charge on any atom is -0.383 e. The number of rotatable bonds is 6. The van der Waals surface area contributed by atoms with Gasteiger partial charge >= 0.3 is 0 Å². The summed E-state index contributed by atoms with van der Waals surface area (Å²) in [6.07, 6.45) is 0.618. The van der Waals surface area contributed by atoms with E-state index in [1.54, 1.807) is 9.80 Å². The van der Waals surface area contributed by atoms with Gasteiger partial charge in [-0.25, -0.2) is 0 Å². The molecule has 1 fully saturated rings. The second-order valence-electron chi connectivity index (χ2n) is 5.32. The van der Waals surface area contributed by atoms with Crippen molar-refractivity contribution in [3.05, 3.63) is 30.3 Å². The molecule has 7 heteroatoms. The Hall–Kier alpha value is -1.63. The van der Waals surface area contributed by atoms with E-state index >= 15 is 0 Å². The van der Waals surface area contributed by atoms with Gasteiger partial charge < -0.3 is 20.3 Å². The van der Waals surface area contributed by atoms with E-state index in [-0.39, 0.29) is 30.8 Å². The number of anilines is 1. The normalized spacial score (nSPS) is 18.5. The molecule has 0 aliphatic carbocycles. The monoisotopic (exact) mass is 341 g/mol. The summed E-state index contributed by atoms with van der Waals surface area (Å²) in [6, 6.07) is 8.32. The Morgan fingerprint density at radius 3 is 2.65 bits per heavy atom. The average molecular weight is 342 g/mol. The minimum absolute atomic E-state index is 0. The molecule has 1 aromatic carbocycles. The molecule has 2 rings (SSSR count). The van der Waals surface area contributed by atoms with E-state index in [1.807, 2.05) is 37.3 Å². The third-order valence-corrected chi connectivity index (χ3v) is 3.91. The molecule has 23 heavy (non-hydrogen) atoms. The summed E-state index contributed by atoms with van der Waals surface area (Å²) in [6.45, 7) is 3.07. The molecule has 1 aliphatic heterocycles. The lowest BCUT2D eigenvalue weighted by Crippen LogP contribution is -2.52. The maximum atomic E-state index is 12.7. The van der Waals surface area contributed by atoms with Crippen molar-refractivity contribution in [3.8, 4) is 0 Å². The van der Waals surface area contributed by atoms with E-state index in [9.17, 15) is 9.59 Å². The molecule has 0 radical (unpaired) electrons. The number of nitrogens with zero attached hydrogens (tertiary/aromatic N) is 2. The summed E-state index contributed by atoms with van der Waals surface area (Å²) in [5.74, 6) is -0.288. The predicted octanol–water partition coefficient (Wildman–Crippen LogP) is 1.04. The number of carbonyl (C=O) groups is 2. The number of benzene rings is 1. The second-order valence-corrected chi connectivity index (χ2v) is 5.32. The smallest absolute Gasteiger partial charge is 0.249 e. The number of amides is 2. The van der Waals surface area contributed by atoms with E-state index in [2.05, 4.69) is 0 Å². The topological polar surface area (TPSA) is 75.9 Å². The molecule has 1 saturated heterocycles. The molecule has 0 saturated carbocycles. The van der Waals surface area contributed by atoms with E-state index in [0.29, 0.717) is 19.5 Å². The number of carbonyl (C=O) groups excluding carboxylic acids is 2. The number of ether oxygens (including phenoxy) is 1. The summed E-state index contributed by atoms with van der Waals surface area (Å²) in [5, 5.41) is 0. The van der Waals surface area contributed by atoms with Gasteiger partial charge in [0.1, 0.15) is 12.1 Å². The number of nitrogens with two attached hydrogens (primary N) is 1. The fraction of sp³-hybridized carbons (Fsp3) is 0.500. The highest BCUT2D eigenvalue weighted by Crippen LogP contribution is 2.24. The first-order valence-electron chi connectivity index (χ1n) is 7.51. The molecule has 2 N–H and O–H groups in total. The van der Waals surface area contributed by atoms with Crippen LogP contribution >= 0.6 is 12.4 Å². The van der Waals surface area contributed by atoms with E-state index in [0.717, 1.165) is 5.69 Å². The Labute approximate surface area is 143 Å². The predicted molar refractivity (Wildman–Crippen MR) is 91.7 cm³/mol. The van der Waals surface area contributed by atoms with Crippen LogP contribution in [0.4, 0.5) is 5.69 Å². The Bertz CT molecular complexity index is 527.